The lowest BCUT2D eigenvalue weighted by Gasteiger charge is -2.15. The Labute approximate surface area is 107 Å². The fourth-order valence-corrected chi connectivity index (χ4v) is 2.02. The fourth-order valence-electron chi connectivity index (χ4n) is 2.02. The van der Waals surface area contributed by atoms with Crippen LogP contribution in [0.2, 0.25) is 0 Å². The third kappa shape index (κ3) is 2.92. The molecule has 5 nitrogen and oxygen atoms in total. The smallest absolute Gasteiger partial charge is 0.125 e. The van der Waals surface area contributed by atoms with Crippen molar-refractivity contribution in [3.63, 3.8) is 0 Å². The minimum Gasteiger partial charge on any atom is -0.338 e. The van der Waals surface area contributed by atoms with Gasteiger partial charge in [-0.25, -0.2) is 15.0 Å². The molecule has 1 N–H and O–H groups in total. The maximum atomic E-state index is 4.47. The van der Waals surface area contributed by atoms with Crippen LogP contribution in [0.15, 0.2) is 24.7 Å². The van der Waals surface area contributed by atoms with E-state index in [2.05, 4.69) is 24.8 Å². The molecule has 0 aliphatic carbocycles. The van der Waals surface area contributed by atoms with Gasteiger partial charge in [-0.2, -0.15) is 0 Å². The monoisotopic (exact) mass is 245 g/mol. The van der Waals surface area contributed by atoms with Crippen LogP contribution in [-0.2, 0) is 13.5 Å². The number of nitrogens with one attached hydrogen (secondary N) is 1. The second-order valence-corrected chi connectivity index (χ2v) is 4.36. The highest BCUT2D eigenvalue weighted by atomic mass is 15.0. The Morgan fingerprint density at radius 3 is 2.78 bits per heavy atom. The Morgan fingerprint density at radius 2 is 2.17 bits per heavy atom. The summed E-state index contributed by atoms with van der Waals surface area (Å²) in [6, 6.07) is 2.20. The molecule has 2 rings (SSSR count). The van der Waals surface area contributed by atoms with Gasteiger partial charge in [0.05, 0.1) is 5.69 Å². The quantitative estimate of drug-likeness (QED) is 0.865. The molecule has 0 fully saturated rings. The van der Waals surface area contributed by atoms with Crippen molar-refractivity contribution in [2.75, 3.05) is 7.05 Å². The summed E-state index contributed by atoms with van der Waals surface area (Å²) in [5.41, 5.74) is 1.04. The number of aromatic nitrogens is 4. The molecule has 0 spiro atoms. The Kier molecular flexibility index (Phi) is 4.04. The Hall–Kier alpha value is -1.75. The van der Waals surface area contributed by atoms with Crippen molar-refractivity contribution >= 4 is 0 Å². The van der Waals surface area contributed by atoms with Crippen molar-refractivity contribution in [3.8, 4) is 0 Å². The zero-order valence-corrected chi connectivity index (χ0v) is 11.1. The van der Waals surface area contributed by atoms with Gasteiger partial charge < -0.3 is 9.88 Å². The summed E-state index contributed by atoms with van der Waals surface area (Å²) in [5.74, 6) is 1.91. The van der Waals surface area contributed by atoms with Crippen LogP contribution in [-0.4, -0.2) is 26.6 Å². The summed E-state index contributed by atoms with van der Waals surface area (Å²) in [4.78, 5) is 12.9. The second-order valence-electron chi connectivity index (χ2n) is 4.36. The molecule has 0 saturated heterocycles. The highest BCUT2D eigenvalue weighted by Gasteiger charge is 2.12. The molecule has 0 amide bonds. The van der Waals surface area contributed by atoms with E-state index in [0.717, 1.165) is 30.2 Å². The van der Waals surface area contributed by atoms with E-state index in [1.54, 1.807) is 0 Å². The molecular weight excluding hydrogens is 226 g/mol. The van der Waals surface area contributed by atoms with E-state index < -0.39 is 0 Å². The molecule has 1 atom stereocenters. The molecule has 0 saturated carbocycles. The first-order valence-corrected chi connectivity index (χ1v) is 6.13. The minimum absolute atomic E-state index is 0.239. The first-order valence-electron chi connectivity index (χ1n) is 6.13. The predicted molar refractivity (Wildman–Crippen MR) is 70.1 cm³/mol. The van der Waals surface area contributed by atoms with Crippen LogP contribution < -0.4 is 5.32 Å². The predicted octanol–water partition coefficient (Wildman–Crippen LogP) is 1.41. The van der Waals surface area contributed by atoms with Gasteiger partial charge in [0.2, 0.25) is 0 Å². The van der Waals surface area contributed by atoms with E-state index in [9.17, 15) is 0 Å². The number of aryl methyl sites for hydroxylation is 3. The third-order valence-corrected chi connectivity index (χ3v) is 3.08. The molecule has 0 aliphatic heterocycles. The molecule has 18 heavy (non-hydrogen) atoms. The zero-order valence-electron chi connectivity index (χ0n) is 11.1. The van der Waals surface area contributed by atoms with Gasteiger partial charge in [-0.1, -0.05) is 0 Å². The highest BCUT2D eigenvalue weighted by Crippen LogP contribution is 2.16. The third-order valence-electron chi connectivity index (χ3n) is 3.08. The largest absolute Gasteiger partial charge is 0.338 e. The maximum Gasteiger partial charge on any atom is 0.125 e. The molecule has 1 unspecified atom stereocenters. The number of nitrogens with zero attached hydrogens (tertiary/aromatic N) is 4. The van der Waals surface area contributed by atoms with Crippen LogP contribution in [0, 0.1) is 6.92 Å². The van der Waals surface area contributed by atoms with Crippen molar-refractivity contribution in [3.05, 3.63) is 42.0 Å². The lowest BCUT2D eigenvalue weighted by atomic mass is 10.1. The maximum absolute atomic E-state index is 4.47. The van der Waals surface area contributed by atoms with Gasteiger partial charge in [-0.3, -0.25) is 0 Å². The van der Waals surface area contributed by atoms with Crippen molar-refractivity contribution in [2.45, 2.75) is 25.8 Å². The van der Waals surface area contributed by atoms with Crippen LogP contribution in [0.5, 0.6) is 0 Å². The number of rotatable bonds is 5. The van der Waals surface area contributed by atoms with Gasteiger partial charge in [-0.15, -0.1) is 0 Å². The van der Waals surface area contributed by atoms with Crippen molar-refractivity contribution in [1.82, 2.24) is 24.8 Å². The average Bonchev–Trinajstić information content (AvgIpc) is 2.76. The van der Waals surface area contributed by atoms with Crippen LogP contribution in [0.4, 0.5) is 0 Å². The van der Waals surface area contributed by atoms with Gasteiger partial charge in [-0.05, 0) is 26.5 Å². The second kappa shape index (κ2) is 5.73. The summed E-state index contributed by atoms with van der Waals surface area (Å²) in [6.07, 6.45) is 7.51. The minimum atomic E-state index is 0.239. The Bertz CT molecular complexity index is 506. The molecule has 5 heteroatoms. The van der Waals surface area contributed by atoms with Gasteiger partial charge in [0.25, 0.3) is 0 Å². The summed E-state index contributed by atoms with van der Waals surface area (Å²) in [7, 11) is 3.98. The van der Waals surface area contributed by atoms with E-state index >= 15 is 0 Å². The average molecular weight is 245 g/mol. The molecular formula is C13H19N5. The Balaban J connectivity index is 2.04. The molecule has 2 aromatic heterocycles. The summed E-state index contributed by atoms with van der Waals surface area (Å²) in [6.45, 7) is 1.91. The summed E-state index contributed by atoms with van der Waals surface area (Å²) in [5, 5.41) is 3.30. The normalized spacial score (nSPS) is 12.6. The lowest BCUT2D eigenvalue weighted by Crippen LogP contribution is -2.19. The molecule has 2 heterocycles. The van der Waals surface area contributed by atoms with Crippen LogP contribution >= 0.6 is 0 Å². The fraction of sp³-hybridized carbons (Fsp3) is 0.462. The van der Waals surface area contributed by atoms with E-state index in [1.807, 2.05) is 45.7 Å². The molecule has 2 aromatic rings. The van der Waals surface area contributed by atoms with E-state index in [0.29, 0.717) is 0 Å². The van der Waals surface area contributed by atoms with Crippen molar-refractivity contribution in [2.24, 2.45) is 7.05 Å². The Morgan fingerprint density at radius 1 is 1.33 bits per heavy atom. The standard InChI is InChI=1S/C13H19N5/c1-10-15-7-6-12(17-10)11(14-2)4-5-13-16-8-9-18(13)3/h6-9,11,14H,4-5H2,1-3H3. The van der Waals surface area contributed by atoms with E-state index in [-0.39, 0.29) is 6.04 Å². The van der Waals surface area contributed by atoms with Gasteiger partial charge in [0.1, 0.15) is 11.6 Å². The molecule has 0 aromatic carbocycles. The zero-order chi connectivity index (χ0) is 13.0. The van der Waals surface area contributed by atoms with Gasteiger partial charge in [0, 0.05) is 38.1 Å². The summed E-state index contributed by atoms with van der Waals surface area (Å²) < 4.78 is 2.05. The molecule has 0 radical (unpaired) electrons. The van der Waals surface area contributed by atoms with E-state index in [1.165, 1.54) is 0 Å². The molecule has 0 aliphatic rings. The van der Waals surface area contributed by atoms with Crippen molar-refractivity contribution < 1.29 is 0 Å². The van der Waals surface area contributed by atoms with Gasteiger partial charge >= 0.3 is 0 Å². The van der Waals surface area contributed by atoms with Crippen LogP contribution in [0.1, 0.15) is 29.8 Å². The summed E-state index contributed by atoms with van der Waals surface area (Å²) >= 11 is 0. The molecule has 0 bridgehead atoms. The molecule has 96 valence electrons. The highest BCUT2D eigenvalue weighted by molar-refractivity contribution is 5.08. The lowest BCUT2D eigenvalue weighted by molar-refractivity contribution is 0.521. The van der Waals surface area contributed by atoms with Gasteiger partial charge in [0.15, 0.2) is 0 Å². The number of hydrogen-bond acceptors (Lipinski definition) is 4. The topological polar surface area (TPSA) is 55.6 Å². The van der Waals surface area contributed by atoms with E-state index in [4.69, 9.17) is 0 Å². The van der Waals surface area contributed by atoms with Crippen LogP contribution in [0.3, 0.4) is 0 Å². The van der Waals surface area contributed by atoms with Crippen molar-refractivity contribution in [1.29, 1.82) is 0 Å². The first-order chi connectivity index (χ1) is 8.70. The SMILES string of the molecule is CNC(CCc1nccn1C)c1ccnc(C)n1. The number of hydrogen-bond donors (Lipinski definition) is 1. The number of imidazole rings is 1. The first kappa shape index (κ1) is 12.7. The van der Waals surface area contributed by atoms with Crippen LogP contribution in [0.25, 0.3) is 0 Å².